The normalized spacial score (nSPS) is 22.1. The van der Waals surface area contributed by atoms with Crippen LogP contribution in [0.5, 0.6) is 17.2 Å². The molecule has 37 heavy (non-hydrogen) atoms. The molecule has 0 aromatic heterocycles. The van der Waals surface area contributed by atoms with Crippen molar-refractivity contribution >= 4 is 23.1 Å². The van der Waals surface area contributed by atoms with E-state index < -0.39 is 36.2 Å². The van der Waals surface area contributed by atoms with Gasteiger partial charge in [0.1, 0.15) is 30.8 Å². The van der Waals surface area contributed by atoms with Gasteiger partial charge in [-0.05, 0) is 36.4 Å². The molecule has 3 aliphatic heterocycles. The minimum atomic E-state index is -4.62. The molecule has 0 radical (unpaired) electrons. The number of aliphatic carboxylic acids is 1. The van der Waals surface area contributed by atoms with Crippen LogP contribution in [0.2, 0.25) is 0 Å². The molecule has 0 amide bonds. The third kappa shape index (κ3) is 5.26. The second-order valence-electron chi connectivity index (χ2n) is 9.38. The van der Waals surface area contributed by atoms with E-state index in [-0.39, 0.29) is 6.10 Å². The van der Waals surface area contributed by atoms with Crippen molar-refractivity contribution in [1.82, 2.24) is 0 Å². The van der Waals surface area contributed by atoms with Gasteiger partial charge in [0.2, 0.25) is 0 Å². The van der Waals surface area contributed by atoms with Crippen molar-refractivity contribution in [3.63, 3.8) is 0 Å². The predicted molar refractivity (Wildman–Crippen MR) is 131 cm³/mol. The molecule has 0 bridgehead atoms. The van der Waals surface area contributed by atoms with Crippen LogP contribution in [0.15, 0.2) is 47.6 Å². The fourth-order valence-electron chi connectivity index (χ4n) is 5.07. The largest absolute Gasteiger partial charge is 0.490 e. The Morgan fingerprint density at radius 1 is 1.11 bits per heavy atom. The Morgan fingerprint density at radius 3 is 2.49 bits per heavy atom. The minimum absolute atomic E-state index is 0.0137. The molecule has 1 saturated heterocycles. The SMILES string of the molecule is C[C@@H]1C(C(F)(F)F)=NN(c2ccc(OC3CCN(c4cccc5c4OCCO5)CC3)cc2)[C@H]1CC(=O)O. The minimum Gasteiger partial charge on any atom is -0.490 e. The van der Waals surface area contributed by atoms with Gasteiger partial charge >= 0.3 is 12.1 Å². The molecule has 3 heterocycles. The fourth-order valence-corrected chi connectivity index (χ4v) is 5.07. The van der Waals surface area contributed by atoms with Crippen molar-refractivity contribution in [3.8, 4) is 17.2 Å². The number of carboxylic acid groups (broad SMARTS) is 1. The van der Waals surface area contributed by atoms with Gasteiger partial charge in [-0.25, -0.2) is 0 Å². The van der Waals surface area contributed by atoms with Crippen LogP contribution in [-0.2, 0) is 4.79 Å². The molecule has 1 fully saturated rings. The van der Waals surface area contributed by atoms with Crippen LogP contribution in [0.4, 0.5) is 24.5 Å². The van der Waals surface area contributed by atoms with E-state index >= 15 is 0 Å². The zero-order valence-corrected chi connectivity index (χ0v) is 20.3. The third-order valence-corrected chi connectivity index (χ3v) is 6.94. The molecule has 198 valence electrons. The van der Waals surface area contributed by atoms with E-state index in [0.29, 0.717) is 24.7 Å². The van der Waals surface area contributed by atoms with Crippen molar-refractivity contribution in [2.24, 2.45) is 11.0 Å². The summed E-state index contributed by atoms with van der Waals surface area (Å²) in [5, 5.41) is 14.1. The Labute approximate surface area is 212 Å². The van der Waals surface area contributed by atoms with Crippen LogP contribution in [0, 0.1) is 5.92 Å². The first-order chi connectivity index (χ1) is 17.7. The number of alkyl halides is 3. The number of hydrazone groups is 1. The third-order valence-electron chi connectivity index (χ3n) is 6.94. The second-order valence-corrected chi connectivity index (χ2v) is 9.38. The van der Waals surface area contributed by atoms with Crippen molar-refractivity contribution in [2.75, 3.05) is 36.2 Å². The molecule has 5 rings (SSSR count). The maximum Gasteiger partial charge on any atom is 0.431 e. The number of ether oxygens (including phenoxy) is 3. The van der Waals surface area contributed by atoms with Crippen LogP contribution >= 0.6 is 0 Å². The van der Waals surface area contributed by atoms with Crippen LogP contribution in [0.25, 0.3) is 0 Å². The molecule has 2 aromatic rings. The van der Waals surface area contributed by atoms with Crippen LogP contribution in [-0.4, -0.2) is 61.4 Å². The number of carbonyl (C=O) groups is 1. The van der Waals surface area contributed by atoms with Gasteiger partial charge in [0.25, 0.3) is 0 Å². The molecular formula is C26H28F3N3O5. The summed E-state index contributed by atoms with van der Waals surface area (Å²) in [5.41, 5.74) is 0.424. The highest BCUT2D eigenvalue weighted by Gasteiger charge is 2.48. The first-order valence-corrected chi connectivity index (χ1v) is 12.3. The lowest BCUT2D eigenvalue weighted by Crippen LogP contribution is -2.38. The predicted octanol–water partition coefficient (Wildman–Crippen LogP) is 4.72. The van der Waals surface area contributed by atoms with Gasteiger partial charge in [-0.3, -0.25) is 9.80 Å². The molecule has 1 N–H and O–H groups in total. The lowest BCUT2D eigenvalue weighted by molar-refractivity contribution is -0.137. The topological polar surface area (TPSA) is 83.8 Å². The van der Waals surface area contributed by atoms with E-state index in [4.69, 9.17) is 14.2 Å². The number of benzene rings is 2. The number of hydrogen-bond donors (Lipinski definition) is 1. The summed E-state index contributed by atoms with van der Waals surface area (Å²) in [6, 6.07) is 11.6. The Kier molecular flexibility index (Phi) is 6.78. The van der Waals surface area contributed by atoms with Crippen LogP contribution in [0.3, 0.4) is 0 Å². The number of para-hydroxylation sites is 1. The maximum absolute atomic E-state index is 13.4. The number of carboxylic acids is 1. The average molecular weight is 520 g/mol. The molecule has 3 aliphatic rings. The van der Waals surface area contributed by atoms with Gasteiger partial charge in [-0.15, -0.1) is 0 Å². The number of anilines is 2. The van der Waals surface area contributed by atoms with Crippen molar-refractivity contribution in [1.29, 1.82) is 0 Å². The molecule has 8 nitrogen and oxygen atoms in total. The van der Waals surface area contributed by atoms with E-state index in [9.17, 15) is 23.1 Å². The van der Waals surface area contributed by atoms with Gasteiger partial charge < -0.3 is 24.2 Å². The summed E-state index contributed by atoms with van der Waals surface area (Å²) in [7, 11) is 0. The highest BCUT2D eigenvalue weighted by molar-refractivity contribution is 5.96. The van der Waals surface area contributed by atoms with Gasteiger partial charge in [-0.1, -0.05) is 13.0 Å². The number of rotatable bonds is 6. The summed E-state index contributed by atoms with van der Waals surface area (Å²) in [4.78, 5) is 13.6. The summed E-state index contributed by atoms with van der Waals surface area (Å²) in [5.74, 6) is -0.117. The summed E-state index contributed by atoms with van der Waals surface area (Å²) >= 11 is 0. The maximum atomic E-state index is 13.4. The quantitative estimate of drug-likeness (QED) is 0.591. The Bertz CT molecular complexity index is 1160. The zero-order chi connectivity index (χ0) is 26.2. The zero-order valence-electron chi connectivity index (χ0n) is 20.3. The van der Waals surface area contributed by atoms with E-state index in [1.807, 2.05) is 18.2 Å². The van der Waals surface area contributed by atoms with Crippen molar-refractivity contribution in [2.45, 2.75) is 44.5 Å². The lowest BCUT2D eigenvalue weighted by Gasteiger charge is -2.35. The average Bonchev–Trinajstić information content (AvgIpc) is 3.20. The molecule has 0 unspecified atom stereocenters. The first-order valence-electron chi connectivity index (χ1n) is 12.3. The number of nitrogens with zero attached hydrogens (tertiary/aromatic N) is 3. The van der Waals surface area contributed by atoms with E-state index in [1.165, 1.54) is 6.92 Å². The van der Waals surface area contributed by atoms with Crippen LogP contribution < -0.4 is 24.1 Å². The molecule has 0 saturated carbocycles. The fraction of sp³-hybridized carbons (Fsp3) is 0.462. The van der Waals surface area contributed by atoms with E-state index in [1.54, 1.807) is 24.3 Å². The highest BCUT2D eigenvalue weighted by atomic mass is 19.4. The monoisotopic (exact) mass is 519 g/mol. The molecule has 0 spiro atoms. The van der Waals surface area contributed by atoms with Crippen LogP contribution in [0.1, 0.15) is 26.2 Å². The standard InChI is InChI=1S/C26H28F3N3O5/c1-16-21(15-23(33)34)32(30-25(16)26(27,28)29)17-5-7-18(8-6-17)37-19-9-11-31(12-10-19)20-3-2-4-22-24(20)36-14-13-35-22/h2-8,16,19,21H,9-15H2,1H3,(H,33,34)/t16-,21-/m0/s1. The Balaban J connectivity index is 1.23. The molecule has 11 heteroatoms. The molecular weight excluding hydrogens is 491 g/mol. The van der Waals surface area contributed by atoms with Gasteiger partial charge in [0.15, 0.2) is 11.5 Å². The van der Waals surface area contributed by atoms with Gasteiger partial charge in [0.05, 0.1) is 23.8 Å². The molecule has 0 aliphatic carbocycles. The molecule has 2 aromatic carbocycles. The second kappa shape index (κ2) is 10.0. The van der Waals surface area contributed by atoms with Gasteiger partial charge in [0, 0.05) is 31.8 Å². The van der Waals surface area contributed by atoms with E-state index in [0.717, 1.165) is 48.1 Å². The first kappa shape index (κ1) is 25.0. The van der Waals surface area contributed by atoms with Crippen molar-refractivity contribution in [3.05, 3.63) is 42.5 Å². The number of hydrogen-bond acceptors (Lipinski definition) is 7. The van der Waals surface area contributed by atoms with Crippen molar-refractivity contribution < 1.29 is 37.3 Å². The number of fused-ring (bicyclic) bond motifs is 1. The highest BCUT2D eigenvalue weighted by Crippen LogP contribution is 2.41. The van der Waals surface area contributed by atoms with Gasteiger partial charge in [-0.2, -0.15) is 18.3 Å². The summed E-state index contributed by atoms with van der Waals surface area (Å²) < 4.78 is 57.9. The smallest absolute Gasteiger partial charge is 0.431 e. The molecule has 2 atom stereocenters. The number of piperidine rings is 1. The summed E-state index contributed by atoms with van der Waals surface area (Å²) in [6.45, 7) is 3.97. The lowest BCUT2D eigenvalue weighted by atomic mass is 9.94. The Morgan fingerprint density at radius 2 is 1.81 bits per heavy atom. The summed E-state index contributed by atoms with van der Waals surface area (Å²) in [6.07, 6.45) is -3.52. The Hall–Kier alpha value is -3.63. The van der Waals surface area contributed by atoms with E-state index in [2.05, 4.69) is 10.0 Å². The number of halogens is 3.